The van der Waals surface area contributed by atoms with Gasteiger partial charge < -0.3 is 16.0 Å². The van der Waals surface area contributed by atoms with E-state index < -0.39 is 0 Å². The second-order valence-electron chi connectivity index (χ2n) is 5.85. The highest BCUT2D eigenvalue weighted by atomic mass is 16.2. The highest BCUT2D eigenvalue weighted by Gasteiger charge is 2.06. The minimum atomic E-state index is -0.285. The Kier molecular flexibility index (Phi) is 7.00. The van der Waals surface area contributed by atoms with Gasteiger partial charge >= 0.3 is 6.03 Å². The Morgan fingerprint density at radius 1 is 1.20 bits per heavy atom. The van der Waals surface area contributed by atoms with Crippen molar-refractivity contribution < 1.29 is 9.59 Å². The number of aromatic nitrogens is 2. The molecule has 0 saturated heterocycles. The van der Waals surface area contributed by atoms with Crippen molar-refractivity contribution in [1.82, 2.24) is 25.7 Å². The van der Waals surface area contributed by atoms with Gasteiger partial charge in [0.2, 0.25) is 5.91 Å². The van der Waals surface area contributed by atoms with E-state index in [0.717, 1.165) is 17.7 Å². The van der Waals surface area contributed by atoms with Crippen molar-refractivity contribution in [1.29, 1.82) is 0 Å². The number of hydrogen-bond donors (Lipinski definition) is 3. The third-order valence-electron chi connectivity index (χ3n) is 3.82. The van der Waals surface area contributed by atoms with Gasteiger partial charge in [-0.15, -0.1) is 0 Å². The van der Waals surface area contributed by atoms with Gasteiger partial charge in [0.05, 0.1) is 5.69 Å². The Morgan fingerprint density at radius 2 is 1.96 bits per heavy atom. The number of nitrogens with zero attached hydrogens (tertiary/aromatic N) is 2. The van der Waals surface area contributed by atoms with Crippen LogP contribution < -0.4 is 16.0 Å². The molecule has 1 unspecified atom stereocenters. The molecule has 0 fully saturated rings. The average Bonchev–Trinajstić information content (AvgIpc) is 3.15. The van der Waals surface area contributed by atoms with Crippen LogP contribution in [0.15, 0.2) is 42.7 Å². The quantitative estimate of drug-likeness (QED) is 0.685. The summed E-state index contributed by atoms with van der Waals surface area (Å²) >= 11 is 0. The van der Waals surface area contributed by atoms with Crippen LogP contribution >= 0.6 is 0 Å². The molecule has 1 atom stereocenters. The van der Waals surface area contributed by atoms with Gasteiger partial charge in [0.15, 0.2) is 0 Å². The second kappa shape index (κ2) is 9.46. The number of carbonyl (C=O) groups is 2. The molecule has 0 aliphatic rings. The summed E-state index contributed by atoms with van der Waals surface area (Å²) in [6, 6.07) is 9.51. The number of carbonyl (C=O) groups excluding carboxylic acids is 2. The van der Waals surface area contributed by atoms with Crippen molar-refractivity contribution in [3.8, 4) is 5.69 Å². The van der Waals surface area contributed by atoms with E-state index in [9.17, 15) is 9.59 Å². The molecule has 2 aromatic rings. The zero-order valence-electron chi connectivity index (χ0n) is 14.7. The third kappa shape index (κ3) is 6.29. The van der Waals surface area contributed by atoms with Gasteiger partial charge in [0, 0.05) is 37.9 Å². The van der Waals surface area contributed by atoms with E-state index in [2.05, 4.69) is 21.0 Å². The van der Waals surface area contributed by atoms with E-state index in [1.54, 1.807) is 10.9 Å². The standard InChI is InChI=1S/C18H25N5O2/c1-3-14(2)22-17(24)9-11-19-18(25)20-13-15-5-7-16(8-6-15)23-12-4-10-21-23/h4-8,10,12,14H,3,9,11,13H2,1-2H3,(H,22,24)(H2,19,20,25). The van der Waals surface area contributed by atoms with Crippen LogP contribution in [0.4, 0.5) is 4.79 Å². The van der Waals surface area contributed by atoms with E-state index in [1.165, 1.54) is 0 Å². The maximum Gasteiger partial charge on any atom is 0.315 e. The highest BCUT2D eigenvalue weighted by molar-refractivity contribution is 5.78. The fourth-order valence-corrected chi connectivity index (χ4v) is 2.17. The number of nitrogens with one attached hydrogen (secondary N) is 3. The smallest absolute Gasteiger partial charge is 0.315 e. The van der Waals surface area contributed by atoms with E-state index in [4.69, 9.17) is 0 Å². The lowest BCUT2D eigenvalue weighted by Gasteiger charge is -2.12. The van der Waals surface area contributed by atoms with Crippen LogP contribution in [0, 0.1) is 0 Å². The van der Waals surface area contributed by atoms with Crippen LogP contribution in [0.25, 0.3) is 5.69 Å². The Hall–Kier alpha value is -2.83. The van der Waals surface area contributed by atoms with Crippen LogP contribution in [-0.2, 0) is 11.3 Å². The highest BCUT2D eigenvalue weighted by Crippen LogP contribution is 2.08. The molecule has 1 heterocycles. The molecule has 3 N–H and O–H groups in total. The van der Waals surface area contributed by atoms with Gasteiger partial charge in [-0.1, -0.05) is 19.1 Å². The molecule has 2 rings (SSSR count). The van der Waals surface area contributed by atoms with E-state index in [1.807, 2.05) is 50.4 Å². The summed E-state index contributed by atoms with van der Waals surface area (Å²) in [6.45, 7) is 4.70. The summed E-state index contributed by atoms with van der Waals surface area (Å²) < 4.78 is 1.77. The molecule has 134 valence electrons. The Bertz CT molecular complexity index is 667. The van der Waals surface area contributed by atoms with Crippen LogP contribution in [0.3, 0.4) is 0 Å². The SMILES string of the molecule is CCC(C)NC(=O)CCNC(=O)NCc1ccc(-n2cccn2)cc1. The maximum atomic E-state index is 11.8. The van der Waals surface area contributed by atoms with Gasteiger partial charge in [-0.2, -0.15) is 5.10 Å². The van der Waals surface area contributed by atoms with Crippen LogP contribution in [0.2, 0.25) is 0 Å². The van der Waals surface area contributed by atoms with Crippen molar-refractivity contribution in [2.24, 2.45) is 0 Å². The lowest BCUT2D eigenvalue weighted by molar-refractivity contribution is -0.121. The summed E-state index contributed by atoms with van der Waals surface area (Å²) in [5.74, 6) is -0.0520. The summed E-state index contributed by atoms with van der Waals surface area (Å²) in [5.41, 5.74) is 1.95. The molecule has 0 radical (unpaired) electrons. The molecule has 1 aromatic heterocycles. The van der Waals surface area contributed by atoms with Gasteiger partial charge in [-0.05, 0) is 37.1 Å². The van der Waals surface area contributed by atoms with Gasteiger partial charge in [0.1, 0.15) is 0 Å². The number of benzene rings is 1. The Balaban J connectivity index is 1.67. The summed E-state index contributed by atoms with van der Waals surface area (Å²) in [4.78, 5) is 23.4. The molecule has 0 spiro atoms. The average molecular weight is 343 g/mol. The normalized spacial score (nSPS) is 11.6. The monoisotopic (exact) mass is 343 g/mol. The first kappa shape index (κ1) is 18.5. The van der Waals surface area contributed by atoms with E-state index in [-0.39, 0.29) is 24.4 Å². The molecule has 7 heteroatoms. The van der Waals surface area contributed by atoms with Crippen molar-refractivity contribution in [3.63, 3.8) is 0 Å². The zero-order chi connectivity index (χ0) is 18.1. The van der Waals surface area contributed by atoms with E-state index >= 15 is 0 Å². The molecule has 1 aromatic carbocycles. The van der Waals surface area contributed by atoms with Crippen LogP contribution in [0.1, 0.15) is 32.3 Å². The second-order valence-corrected chi connectivity index (χ2v) is 5.85. The van der Waals surface area contributed by atoms with Crippen molar-refractivity contribution in [2.75, 3.05) is 6.54 Å². The molecule has 3 amide bonds. The number of amides is 3. The van der Waals surface area contributed by atoms with Gasteiger partial charge in [-0.3, -0.25) is 4.79 Å². The maximum absolute atomic E-state index is 11.8. The van der Waals surface area contributed by atoms with Crippen LogP contribution in [-0.4, -0.2) is 34.3 Å². The van der Waals surface area contributed by atoms with Crippen molar-refractivity contribution in [3.05, 3.63) is 48.3 Å². The largest absolute Gasteiger partial charge is 0.354 e. The Morgan fingerprint density at radius 3 is 2.60 bits per heavy atom. The predicted molar refractivity (Wildman–Crippen MR) is 96.3 cm³/mol. The summed E-state index contributed by atoms with van der Waals surface area (Å²) in [6.07, 6.45) is 4.76. The molecule has 7 nitrogen and oxygen atoms in total. The molecular weight excluding hydrogens is 318 g/mol. The van der Waals surface area contributed by atoms with Crippen molar-refractivity contribution in [2.45, 2.75) is 39.3 Å². The first-order chi connectivity index (χ1) is 12.1. The van der Waals surface area contributed by atoms with Crippen LogP contribution in [0.5, 0.6) is 0 Å². The summed E-state index contributed by atoms with van der Waals surface area (Å²) in [7, 11) is 0. The number of urea groups is 1. The molecule has 0 aliphatic carbocycles. The molecule has 0 bridgehead atoms. The topological polar surface area (TPSA) is 88.0 Å². The van der Waals surface area contributed by atoms with Gasteiger partial charge in [0.25, 0.3) is 0 Å². The minimum Gasteiger partial charge on any atom is -0.354 e. The first-order valence-corrected chi connectivity index (χ1v) is 8.48. The predicted octanol–water partition coefficient (Wildman–Crippen LogP) is 1.98. The summed E-state index contributed by atoms with van der Waals surface area (Å²) in [5, 5.41) is 12.5. The zero-order valence-corrected chi connectivity index (χ0v) is 14.7. The third-order valence-corrected chi connectivity index (χ3v) is 3.82. The number of hydrogen-bond acceptors (Lipinski definition) is 3. The fourth-order valence-electron chi connectivity index (χ4n) is 2.17. The van der Waals surface area contributed by atoms with E-state index in [0.29, 0.717) is 13.1 Å². The lowest BCUT2D eigenvalue weighted by atomic mass is 10.2. The fraction of sp³-hybridized carbons (Fsp3) is 0.389. The lowest BCUT2D eigenvalue weighted by Crippen LogP contribution is -2.38. The first-order valence-electron chi connectivity index (χ1n) is 8.48. The molecular formula is C18H25N5O2. The molecule has 25 heavy (non-hydrogen) atoms. The molecule has 0 aliphatic heterocycles. The Labute approximate surface area is 147 Å². The van der Waals surface area contributed by atoms with Crippen molar-refractivity contribution >= 4 is 11.9 Å². The van der Waals surface area contributed by atoms with Gasteiger partial charge in [-0.25, -0.2) is 9.48 Å². The minimum absolute atomic E-state index is 0.0520. The molecule has 0 saturated carbocycles. The number of rotatable bonds is 8.